The first-order valence-corrected chi connectivity index (χ1v) is 3.91. The average Bonchev–Trinajstić information content (AvgIpc) is 1.80. The first-order chi connectivity index (χ1) is 4.20. The van der Waals surface area contributed by atoms with Crippen LogP contribution >= 0.6 is 31.9 Å². The molecule has 0 aliphatic rings. The van der Waals surface area contributed by atoms with E-state index in [1.54, 1.807) is 0 Å². The molecule has 0 aromatic heterocycles. The van der Waals surface area contributed by atoms with E-state index >= 15 is 0 Å². The predicted octanol–water partition coefficient (Wildman–Crippen LogP) is 2.59. The lowest BCUT2D eigenvalue weighted by Gasteiger charge is -1.94. The zero-order chi connectivity index (χ0) is 6.85. The third kappa shape index (κ3) is 1.69. The van der Waals surface area contributed by atoms with Gasteiger partial charge in [0, 0.05) is 20.7 Å². The Balaban J connectivity index is 3.17. The molecule has 1 radical (unpaired) electrons. The van der Waals surface area contributed by atoms with E-state index < -0.39 is 0 Å². The van der Waals surface area contributed by atoms with Crippen molar-refractivity contribution in [2.24, 2.45) is 0 Å². The molecule has 1 rings (SSSR count). The highest BCUT2D eigenvalue weighted by molar-refractivity contribution is 9.11. The summed E-state index contributed by atoms with van der Waals surface area (Å²) in [5.74, 6) is 0. The summed E-state index contributed by atoms with van der Waals surface area (Å²) in [4.78, 5) is 0. The number of hydrogen-bond acceptors (Lipinski definition) is 1. The monoisotopic (exact) mass is 248 g/mol. The molecule has 3 heteroatoms. The van der Waals surface area contributed by atoms with Crippen LogP contribution in [0.4, 0.5) is 5.69 Å². The maximum Gasteiger partial charge on any atom is 0.0495 e. The number of hydrogen-bond donors (Lipinski definition) is 1. The maximum absolute atomic E-state index is 5.49. The molecule has 0 amide bonds. The summed E-state index contributed by atoms with van der Waals surface area (Å²) in [7, 11) is 0. The Kier molecular flexibility index (Phi) is 2.13. The Bertz CT molecular complexity index is 222. The van der Waals surface area contributed by atoms with Crippen molar-refractivity contribution < 1.29 is 0 Å². The van der Waals surface area contributed by atoms with E-state index in [2.05, 4.69) is 37.9 Å². The number of anilines is 1. The summed E-state index contributed by atoms with van der Waals surface area (Å²) >= 11 is 6.49. The van der Waals surface area contributed by atoms with Gasteiger partial charge < -0.3 is 5.73 Å². The zero-order valence-corrected chi connectivity index (χ0v) is 7.66. The summed E-state index contributed by atoms with van der Waals surface area (Å²) in [6.07, 6.45) is 0. The van der Waals surface area contributed by atoms with Gasteiger partial charge in [0.15, 0.2) is 0 Å². The molecule has 0 aliphatic heterocycles. The summed E-state index contributed by atoms with van der Waals surface area (Å²) in [5.41, 5.74) is 6.20. The highest BCUT2D eigenvalue weighted by Crippen LogP contribution is 2.22. The van der Waals surface area contributed by atoms with E-state index in [4.69, 9.17) is 5.73 Å². The molecule has 2 N–H and O–H groups in total. The molecule has 0 saturated carbocycles. The second-order valence-corrected chi connectivity index (χ2v) is 3.22. The van der Waals surface area contributed by atoms with Crippen molar-refractivity contribution in [3.8, 4) is 0 Å². The van der Waals surface area contributed by atoms with Crippen LogP contribution in [0.2, 0.25) is 0 Å². The van der Waals surface area contributed by atoms with Crippen LogP contribution in [0, 0.1) is 6.07 Å². The van der Waals surface area contributed by atoms with Gasteiger partial charge in [-0.1, -0.05) is 15.9 Å². The minimum Gasteiger partial charge on any atom is -0.398 e. The van der Waals surface area contributed by atoms with Crippen LogP contribution in [0.15, 0.2) is 21.1 Å². The third-order valence-corrected chi connectivity index (χ3v) is 2.01. The van der Waals surface area contributed by atoms with E-state index in [-0.39, 0.29) is 0 Å². The zero-order valence-electron chi connectivity index (χ0n) is 4.49. The Morgan fingerprint density at radius 2 is 2.00 bits per heavy atom. The molecule has 47 valence electrons. The minimum absolute atomic E-state index is 0.707. The molecule has 0 fully saturated rings. The van der Waals surface area contributed by atoms with Crippen LogP contribution in [0.3, 0.4) is 0 Å². The first-order valence-electron chi connectivity index (χ1n) is 2.33. The van der Waals surface area contributed by atoms with Gasteiger partial charge in [-0.05, 0) is 28.1 Å². The summed E-state index contributed by atoms with van der Waals surface area (Å²) in [6.45, 7) is 0. The molecular weight excluding hydrogens is 246 g/mol. The van der Waals surface area contributed by atoms with Gasteiger partial charge >= 0.3 is 0 Å². The van der Waals surface area contributed by atoms with Gasteiger partial charge in [0.05, 0.1) is 0 Å². The number of halogens is 2. The molecule has 0 unspecified atom stereocenters. The predicted molar refractivity (Wildman–Crippen MR) is 45.1 cm³/mol. The van der Waals surface area contributed by atoms with Gasteiger partial charge in [-0.2, -0.15) is 0 Å². The van der Waals surface area contributed by atoms with Crippen molar-refractivity contribution in [3.05, 3.63) is 27.1 Å². The van der Waals surface area contributed by atoms with Gasteiger partial charge in [0.1, 0.15) is 0 Å². The lowest BCUT2D eigenvalue weighted by atomic mass is 10.3. The van der Waals surface area contributed by atoms with E-state index in [1.807, 2.05) is 12.1 Å². The fraction of sp³-hybridized carbons (Fsp3) is 0. The van der Waals surface area contributed by atoms with Crippen molar-refractivity contribution in [1.82, 2.24) is 0 Å². The molecule has 1 nitrogen and oxygen atoms in total. The van der Waals surface area contributed by atoms with Crippen LogP contribution in [-0.4, -0.2) is 0 Å². The Morgan fingerprint density at radius 1 is 1.33 bits per heavy atom. The standard InChI is InChI=1S/C6H4Br2N/c7-4-1-2-6(9)5(8)3-4/h1-2H,9H2. The quantitative estimate of drug-likeness (QED) is 0.703. The summed E-state index contributed by atoms with van der Waals surface area (Å²) < 4.78 is 1.71. The SMILES string of the molecule is Nc1ccc(Br)[c]c1Br. The number of benzene rings is 1. The summed E-state index contributed by atoms with van der Waals surface area (Å²) in [5, 5.41) is 0. The molecule has 0 atom stereocenters. The second-order valence-electron chi connectivity index (χ2n) is 1.58. The van der Waals surface area contributed by atoms with Gasteiger partial charge in [-0.25, -0.2) is 0 Å². The highest BCUT2D eigenvalue weighted by atomic mass is 79.9. The van der Waals surface area contributed by atoms with E-state index in [9.17, 15) is 0 Å². The molecule has 1 aromatic carbocycles. The molecule has 0 heterocycles. The topological polar surface area (TPSA) is 26.0 Å². The number of rotatable bonds is 0. The molecule has 0 bridgehead atoms. The largest absolute Gasteiger partial charge is 0.398 e. The third-order valence-electron chi connectivity index (χ3n) is 0.892. The normalized spacial score (nSPS) is 9.56. The Labute approximate surface area is 70.5 Å². The first kappa shape index (κ1) is 7.09. The average molecular weight is 250 g/mol. The van der Waals surface area contributed by atoms with Crippen LogP contribution in [0.25, 0.3) is 0 Å². The fourth-order valence-electron chi connectivity index (χ4n) is 0.455. The van der Waals surface area contributed by atoms with Gasteiger partial charge in [0.25, 0.3) is 0 Å². The lowest BCUT2D eigenvalue weighted by molar-refractivity contribution is 1.57. The van der Waals surface area contributed by atoms with Crippen molar-refractivity contribution in [2.45, 2.75) is 0 Å². The van der Waals surface area contributed by atoms with E-state index in [0.717, 1.165) is 8.95 Å². The molecule has 0 spiro atoms. The van der Waals surface area contributed by atoms with Gasteiger partial charge in [-0.15, -0.1) is 0 Å². The summed E-state index contributed by atoms with van der Waals surface area (Å²) in [6, 6.07) is 6.60. The Morgan fingerprint density at radius 3 is 2.44 bits per heavy atom. The van der Waals surface area contributed by atoms with Crippen LogP contribution in [0.1, 0.15) is 0 Å². The molecule has 0 saturated heterocycles. The van der Waals surface area contributed by atoms with E-state index in [1.165, 1.54) is 0 Å². The molecular formula is C6H4Br2N. The van der Waals surface area contributed by atoms with Gasteiger partial charge in [-0.3, -0.25) is 0 Å². The minimum atomic E-state index is 0.707. The number of nitrogens with two attached hydrogens (primary N) is 1. The van der Waals surface area contributed by atoms with Gasteiger partial charge in [0.2, 0.25) is 0 Å². The molecule has 0 aliphatic carbocycles. The van der Waals surface area contributed by atoms with Crippen molar-refractivity contribution in [1.29, 1.82) is 0 Å². The van der Waals surface area contributed by atoms with Crippen molar-refractivity contribution in [2.75, 3.05) is 5.73 Å². The highest BCUT2D eigenvalue weighted by Gasteiger charge is 1.93. The van der Waals surface area contributed by atoms with Crippen molar-refractivity contribution >= 4 is 37.5 Å². The van der Waals surface area contributed by atoms with Crippen LogP contribution in [0.5, 0.6) is 0 Å². The smallest absolute Gasteiger partial charge is 0.0495 e. The van der Waals surface area contributed by atoms with Crippen LogP contribution < -0.4 is 5.73 Å². The van der Waals surface area contributed by atoms with Crippen LogP contribution in [-0.2, 0) is 0 Å². The maximum atomic E-state index is 5.49. The molecule has 9 heavy (non-hydrogen) atoms. The number of nitrogen functional groups attached to an aromatic ring is 1. The second kappa shape index (κ2) is 2.71. The lowest BCUT2D eigenvalue weighted by Crippen LogP contribution is -1.84. The molecule has 1 aromatic rings. The van der Waals surface area contributed by atoms with Crippen molar-refractivity contribution in [3.63, 3.8) is 0 Å². The van der Waals surface area contributed by atoms with E-state index in [0.29, 0.717) is 5.69 Å². The Hall–Kier alpha value is -0.0200. The fourth-order valence-corrected chi connectivity index (χ4v) is 1.40.